The van der Waals surface area contributed by atoms with E-state index in [0.717, 1.165) is 108 Å². The second-order valence-corrected chi connectivity index (χ2v) is 30.4. The summed E-state index contributed by atoms with van der Waals surface area (Å²) in [5, 5.41) is 30.3. The number of esters is 2. The number of thiophene rings is 3. The van der Waals surface area contributed by atoms with Gasteiger partial charge in [0.05, 0.1) is 46.2 Å². The van der Waals surface area contributed by atoms with Crippen molar-refractivity contribution in [3.63, 3.8) is 0 Å². The molecule has 0 saturated heterocycles. The van der Waals surface area contributed by atoms with Gasteiger partial charge in [-0.2, -0.15) is 0 Å². The highest BCUT2D eigenvalue weighted by molar-refractivity contribution is 7.18. The molecule has 508 valence electrons. The molecule has 3 aromatic carbocycles. The SMILES string of the molecule is COC(=O)c1sc(-c2ccccc2)cc1N(C(=O)C1CCC(C)CC1)C1CCC(=O)CC1.[2H]C1(O)CCC(N(C(=O)C2CCC(C)CC2)c2cc(-c3ccccc3)sc2C(=O)O)CC1.[2H]C1(O)CCC(N(C(=O)C2CCC(C)CC2)c2cc(-c3ccccc3)sc2C(=O)OC)CC1. The molecule has 6 fully saturated rings. The van der Waals surface area contributed by atoms with Gasteiger partial charge in [0.2, 0.25) is 17.7 Å². The number of nitrogens with zero attached hydrogens (tertiary/aromatic N) is 3. The lowest BCUT2D eigenvalue weighted by Gasteiger charge is -2.38. The van der Waals surface area contributed by atoms with Crippen LogP contribution < -0.4 is 14.7 Å². The monoisotopic (exact) mass is 1350 g/mol. The van der Waals surface area contributed by atoms with Gasteiger partial charge < -0.3 is 39.5 Å². The average Bonchev–Trinajstić information content (AvgIpc) is 1.73. The van der Waals surface area contributed by atoms with Crippen molar-refractivity contribution in [2.75, 3.05) is 28.9 Å². The number of hydrogen-bond donors (Lipinski definition) is 3. The van der Waals surface area contributed by atoms with Gasteiger partial charge in [-0.05, 0) is 194 Å². The predicted molar refractivity (Wildman–Crippen MR) is 379 cm³/mol. The number of carboxylic acid groups (broad SMARTS) is 1. The van der Waals surface area contributed by atoms with Crippen molar-refractivity contribution in [1.82, 2.24) is 0 Å². The second-order valence-electron chi connectivity index (χ2n) is 27.2. The standard InChI is InChI=1S/C26H33NO4S.C26H31NO4S.C25H31NO4S/c2*1-17-8-10-19(11-9-17)25(29)27(20-12-14-21(28)15-13-20)22-16-23(18-6-4-3-5-7-18)32-24(22)26(30)31-2;1-16-7-9-18(10-8-16)24(28)26(19-11-13-20(27)14-12-19)21-15-22(31-23(21)25(29)30)17-5-3-2-4-6-17/h3-7,16-17,19-21,28H,8-15H2,1-2H3;3-7,16-17,19-20H,8-15H2,1-2H3;2-6,15-16,18-20,27H,7-14H2,1H3,(H,29,30)/i21D;;20D. The number of carbonyl (C=O) groups is 7. The van der Waals surface area contributed by atoms with Crippen LogP contribution in [0.4, 0.5) is 17.1 Å². The topological polar surface area (TPSA) is 208 Å². The highest BCUT2D eigenvalue weighted by Gasteiger charge is 2.41. The number of hydrogen-bond acceptors (Lipinski definition) is 14. The van der Waals surface area contributed by atoms with Gasteiger partial charge in [-0.25, -0.2) is 14.4 Å². The van der Waals surface area contributed by atoms with Crippen LogP contribution in [0.25, 0.3) is 31.3 Å². The number of methoxy groups -OCH3 is 2. The fourth-order valence-corrected chi connectivity index (χ4v) is 17.9. The molecule has 6 aliphatic carbocycles. The van der Waals surface area contributed by atoms with Crippen LogP contribution in [-0.4, -0.2) is 101 Å². The van der Waals surface area contributed by atoms with Crippen molar-refractivity contribution in [2.45, 2.75) is 205 Å². The normalized spacial score (nSPS) is 26.5. The van der Waals surface area contributed by atoms with Gasteiger partial charge in [0.1, 0.15) is 20.4 Å². The first-order valence-corrected chi connectivity index (χ1v) is 36.9. The molecule has 15 nitrogen and oxygen atoms in total. The minimum absolute atomic E-state index is 0.00256. The van der Waals surface area contributed by atoms with E-state index in [-0.39, 0.29) is 77.1 Å². The number of rotatable bonds is 15. The van der Waals surface area contributed by atoms with E-state index in [2.05, 4.69) is 20.8 Å². The molecular formula is C77H95N3O12S3. The van der Waals surface area contributed by atoms with E-state index in [1.54, 1.807) is 4.90 Å². The highest BCUT2D eigenvalue weighted by Crippen LogP contribution is 2.46. The van der Waals surface area contributed by atoms with Gasteiger partial charge in [0, 0.05) is 63.4 Å². The number of carbonyl (C=O) groups excluding carboxylic acids is 6. The van der Waals surface area contributed by atoms with Crippen molar-refractivity contribution < 1.29 is 61.1 Å². The number of ether oxygens (including phenoxy) is 2. The number of carboxylic acids is 1. The number of ketones is 1. The van der Waals surface area contributed by atoms with E-state index >= 15 is 0 Å². The Hall–Kier alpha value is -6.83. The molecule has 0 atom stereocenters. The maximum Gasteiger partial charge on any atom is 0.350 e. The molecule has 95 heavy (non-hydrogen) atoms. The first-order valence-electron chi connectivity index (χ1n) is 35.4. The molecule has 3 amide bonds. The second kappa shape index (κ2) is 33.4. The number of aromatic carboxylic acids is 1. The molecule has 0 aliphatic heterocycles. The van der Waals surface area contributed by atoms with Crippen LogP contribution in [-0.2, 0) is 28.7 Å². The number of anilines is 3. The Morgan fingerprint density at radius 2 is 0.684 bits per heavy atom. The zero-order valence-corrected chi connectivity index (χ0v) is 58.1. The average molecular weight is 1350 g/mol. The number of aliphatic hydroxyl groups is 2. The Morgan fingerprint density at radius 1 is 0.411 bits per heavy atom. The summed E-state index contributed by atoms with van der Waals surface area (Å²) in [6.45, 7) is 6.68. The molecule has 18 heteroatoms. The predicted octanol–water partition coefficient (Wildman–Crippen LogP) is 17.1. The maximum atomic E-state index is 13.9. The van der Waals surface area contributed by atoms with Crippen molar-refractivity contribution in [2.24, 2.45) is 35.5 Å². The van der Waals surface area contributed by atoms with E-state index in [9.17, 15) is 48.9 Å². The fourth-order valence-electron chi connectivity index (χ4n) is 14.7. The van der Waals surface area contributed by atoms with E-state index in [1.807, 2.05) is 119 Å². The van der Waals surface area contributed by atoms with E-state index < -0.39 is 30.1 Å². The Morgan fingerprint density at radius 3 is 0.968 bits per heavy atom. The molecule has 0 bridgehead atoms. The molecule has 0 unspecified atom stereocenters. The summed E-state index contributed by atoms with van der Waals surface area (Å²) in [6, 6.07) is 34.7. The van der Waals surface area contributed by atoms with Gasteiger partial charge in [-0.15, -0.1) is 34.0 Å². The Bertz CT molecular complexity index is 3650. The van der Waals surface area contributed by atoms with Crippen LogP contribution in [0.15, 0.2) is 109 Å². The molecule has 0 radical (unpaired) electrons. The lowest BCUT2D eigenvalue weighted by molar-refractivity contribution is -0.125. The largest absolute Gasteiger partial charge is 0.477 e. The van der Waals surface area contributed by atoms with E-state index in [1.165, 1.54) is 48.2 Å². The van der Waals surface area contributed by atoms with E-state index in [0.29, 0.717) is 109 Å². The van der Waals surface area contributed by atoms with Gasteiger partial charge in [0.25, 0.3) is 0 Å². The molecule has 0 spiro atoms. The van der Waals surface area contributed by atoms with E-state index in [4.69, 9.17) is 12.2 Å². The fraction of sp³-hybridized carbons (Fsp3) is 0.519. The first kappa shape index (κ1) is 68.1. The summed E-state index contributed by atoms with van der Waals surface area (Å²) in [5.41, 5.74) is 4.63. The summed E-state index contributed by atoms with van der Waals surface area (Å²) in [6.07, 6.45) is 13.9. The van der Waals surface area contributed by atoms with Crippen molar-refractivity contribution >= 4 is 92.5 Å². The van der Waals surface area contributed by atoms with Crippen LogP contribution in [0, 0.1) is 35.5 Å². The molecule has 6 aromatic rings. The molecule has 6 aliphatic rings. The summed E-state index contributed by atoms with van der Waals surface area (Å²) < 4.78 is 26.2. The summed E-state index contributed by atoms with van der Waals surface area (Å²) >= 11 is 3.91. The third-order valence-electron chi connectivity index (χ3n) is 20.5. The zero-order chi connectivity index (χ0) is 69.1. The summed E-state index contributed by atoms with van der Waals surface area (Å²) in [5.74, 6) is 0.195. The maximum absolute atomic E-state index is 13.9. The van der Waals surface area contributed by atoms with Crippen molar-refractivity contribution in [1.29, 1.82) is 0 Å². The molecule has 3 N–H and O–H groups in total. The molecule has 12 rings (SSSR count). The molecule has 3 heterocycles. The third-order valence-corrected chi connectivity index (χ3v) is 24.0. The highest BCUT2D eigenvalue weighted by atomic mass is 32.1. The van der Waals surface area contributed by atoms with Crippen molar-refractivity contribution in [3.8, 4) is 31.3 Å². The Kier molecular flexibility index (Phi) is 24.0. The van der Waals surface area contributed by atoms with Gasteiger partial charge in [-0.1, -0.05) is 112 Å². The molecule has 6 saturated carbocycles. The Balaban J connectivity index is 0.000000158. The number of benzene rings is 3. The van der Waals surface area contributed by atoms with Gasteiger partial charge in [0.15, 0.2) is 0 Å². The number of amides is 3. The van der Waals surface area contributed by atoms with Gasteiger partial charge in [-0.3, -0.25) is 19.2 Å². The summed E-state index contributed by atoms with van der Waals surface area (Å²) in [4.78, 5) is 100. The van der Waals surface area contributed by atoms with Crippen LogP contribution >= 0.6 is 34.0 Å². The minimum Gasteiger partial charge on any atom is -0.477 e. The van der Waals surface area contributed by atoms with Crippen LogP contribution in [0.3, 0.4) is 0 Å². The van der Waals surface area contributed by atoms with Crippen LogP contribution in [0.2, 0.25) is 0 Å². The Labute approximate surface area is 575 Å². The number of Topliss-reactive ketones (excluding diaryl/α,β-unsaturated/α-hetero) is 1. The first-order chi connectivity index (χ1) is 46.5. The van der Waals surface area contributed by atoms with Crippen molar-refractivity contribution in [3.05, 3.63) is 124 Å². The lowest BCUT2D eigenvalue weighted by Crippen LogP contribution is -2.47. The van der Waals surface area contributed by atoms with Crippen LogP contribution in [0.5, 0.6) is 0 Å². The third kappa shape index (κ3) is 17.7. The summed E-state index contributed by atoms with van der Waals surface area (Å²) in [7, 11) is 2.74. The lowest BCUT2D eigenvalue weighted by atomic mass is 9.81. The molecular weight excluding hydrogens is 1260 g/mol. The minimum atomic E-state index is -1.47. The smallest absolute Gasteiger partial charge is 0.350 e. The quantitative estimate of drug-likeness (QED) is 0.0821. The molecule has 3 aromatic heterocycles. The van der Waals surface area contributed by atoms with Crippen LogP contribution in [0.1, 0.15) is 207 Å². The van der Waals surface area contributed by atoms with Gasteiger partial charge >= 0.3 is 17.9 Å². The zero-order valence-electron chi connectivity index (χ0n) is 57.6.